The summed E-state index contributed by atoms with van der Waals surface area (Å²) in [6.45, 7) is 6.51. The lowest BCUT2D eigenvalue weighted by Gasteiger charge is -2.11. The van der Waals surface area contributed by atoms with Crippen molar-refractivity contribution in [2.24, 2.45) is 0 Å². The minimum absolute atomic E-state index is 0.295. The third kappa shape index (κ3) is 4.68. The van der Waals surface area contributed by atoms with E-state index in [1.54, 1.807) is 43.0 Å². The molecule has 0 saturated carbocycles. The molecule has 0 aliphatic heterocycles. The molecular weight excluding hydrogens is 406 g/mol. The van der Waals surface area contributed by atoms with Gasteiger partial charge in [-0.15, -0.1) is 5.10 Å². The number of rotatable bonds is 8. The molecule has 0 fully saturated rings. The van der Waals surface area contributed by atoms with Gasteiger partial charge in [0, 0.05) is 23.9 Å². The molecule has 1 aromatic carbocycles. The Hall–Kier alpha value is -3.20. The van der Waals surface area contributed by atoms with Crippen LogP contribution in [0, 0.1) is 13.8 Å². The highest BCUT2D eigenvalue weighted by Gasteiger charge is 2.13. The van der Waals surface area contributed by atoms with E-state index in [-0.39, 0.29) is 5.91 Å². The van der Waals surface area contributed by atoms with Crippen LogP contribution in [0.1, 0.15) is 36.8 Å². The fourth-order valence-electron chi connectivity index (χ4n) is 2.94. The van der Waals surface area contributed by atoms with E-state index in [1.807, 2.05) is 6.92 Å². The molecule has 30 heavy (non-hydrogen) atoms. The first-order valence-electron chi connectivity index (χ1n) is 9.60. The number of halogens is 1. The van der Waals surface area contributed by atoms with Crippen molar-refractivity contribution in [2.45, 2.75) is 40.2 Å². The van der Waals surface area contributed by atoms with Crippen molar-refractivity contribution >= 4 is 29.3 Å². The number of benzene rings is 1. The Morgan fingerprint density at radius 2 is 2.13 bits per heavy atom. The van der Waals surface area contributed by atoms with E-state index in [4.69, 9.17) is 16.3 Å². The van der Waals surface area contributed by atoms with Gasteiger partial charge in [0.25, 0.3) is 0 Å². The summed E-state index contributed by atoms with van der Waals surface area (Å²) in [4.78, 5) is 12.5. The number of carbonyl (C=O) groups is 1. The number of carbonyl (C=O) groups excluding carboxylic acids is 1. The van der Waals surface area contributed by atoms with Gasteiger partial charge in [0.05, 0.1) is 12.8 Å². The molecule has 0 aliphatic carbocycles. The number of aromatic nitrogens is 6. The Labute approximate surface area is 179 Å². The maximum atomic E-state index is 12.5. The summed E-state index contributed by atoms with van der Waals surface area (Å²) in [6, 6.07) is 5.23. The number of tetrazole rings is 1. The lowest BCUT2D eigenvalue weighted by molar-refractivity contribution is -0.111. The molecule has 3 rings (SSSR count). The van der Waals surface area contributed by atoms with Gasteiger partial charge < -0.3 is 10.1 Å². The van der Waals surface area contributed by atoms with Gasteiger partial charge in [-0.05, 0) is 55.0 Å². The van der Waals surface area contributed by atoms with Crippen molar-refractivity contribution < 1.29 is 9.53 Å². The maximum absolute atomic E-state index is 12.5. The van der Waals surface area contributed by atoms with Gasteiger partial charge in [-0.25, -0.2) is 0 Å². The van der Waals surface area contributed by atoms with Gasteiger partial charge in [0.15, 0.2) is 5.82 Å². The minimum atomic E-state index is -0.295. The average Bonchev–Trinajstić information content (AvgIpc) is 3.27. The predicted octanol–water partition coefficient (Wildman–Crippen LogP) is 3.59. The van der Waals surface area contributed by atoms with Crippen LogP contribution in [0.4, 0.5) is 5.69 Å². The molecule has 10 heteroatoms. The number of methoxy groups -OCH3 is 1. The van der Waals surface area contributed by atoms with Crippen LogP contribution < -0.4 is 10.1 Å². The largest absolute Gasteiger partial charge is 0.494 e. The molecular formula is C20H24ClN7O2. The highest BCUT2D eigenvalue weighted by Crippen LogP contribution is 2.26. The Balaban J connectivity index is 1.77. The zero-order chi connectivity index (χ0) is 21.7. The van der Waals surface area contributed by atoms with Crippen LogP contribution in [-0.4, -0.2) is 43.0 Å². The summed E-state index contributed by atoms with van der Waals surface area (Å²) < 4.78 is 8.68. The quantitative estimate of drug-likeness (QED) is 0.549. The topological polar surface area (TPSA) is 99.8 Å². The van der Waals surface area contributed by atoms with Gasteiger partial charge in [-0.3, -0.25) is 9.48 Å². The van der Waals surface area contributed by atoms with Crippen molar-refractivity contribution in [1.82, 2.24) is 30.0 Å². The van der Waals surface area contributed by atoms with Crippen LogP contribution in [0.25, 0.3) is 11.8 Å². The SMILES string of the molecule is CCCCn1nc(C)c(/C=C/C(=O)Nc2ccc(OC)c(-n3nnnc3C)c2)c1Cl. The zero-order valence-electron chi connectivity index (χ0n) is 17.4. The number of hydrogen-bond donors (Lipinski definition) is 1. The van der Waals surface area contributed by atoms with Crippen molar-refractivity contribution in [2.75, 3.05) is 12.4 Å². The van der Waals surface area contributed by atoms with Gasteiger partial charge in [-0.2, -0.15) is 9.78 Å². The molecule has 0 bridgehead atoms. The Morgan fingerprint density at radius 3 is 2.80 bits per heavy atom. The van der Waals surface area contributed by atoms with Crippen molar-refractivity contribution in [1.29, 1.82) is 0 Å². The second-order valence-electron chi connectivity index (χ2n) is 6.71. The van der Waals surface area contributed by atoms with Gasteiger partial charge in [-0.1, -0.05) is 24.9 Å². The maximum Gasteiger partial charge on any atom is 0.248 e. The summed E-state index contributed by atoms with van der Waals surface area (Å²) in [7, 11) is 1.56. The second kappa shape index (κ2) is 9.53. The van der Waals surface area contributed by atoms with Crippen molar-refractivity contribution in [3.05, 3.63) is 46.5 Å². The van der Waals surface area contributed by atoms with E-state index in [0.29, 0.717) is 28.1 Å². The van der Waals surface area contributed by atoms with E-state index in [1.165, 1.54) is 10.8 Å². The molecule has 0 atom stereocenters. The molecule has 0 saturated heterocycles. The highest BCUT2D eigenvalue weighted by atomic mass is 35.5. The Kier molecular flexibility index (Phi) is 6.83. The number of unbranched alkanes of at least 4 members (excludes halogenated alkanes) is 1. The molecule has 0 radical (unpaired) electrons. The summed E-state index contributed by atoms with van der Waals surface area (Å²) in [5.74, 6) is 0.888. The number of anilines is 1. The van der Waals surface area contributed by atoms with Crippen molar-refractivity contribution in [3.8, 4) is 11.4 Å². The second-order valence-corrected chi connectivity index (χ2v) is 7.07. The summed E-state index contributed by atoms with van der Waals surface area (Å²) in [5, 5.41) is 19.3. The monoisotopic (exact) mass is 429 g/mol. The molecule has 0 spiro atoms. The van der Waals surface area contributed by atoms with E-state index in [2.05, 4.69) is 32.9 Å². The van der Waals surface area contributed by atoms with Gasteiger partial charge in [0.2, 0.25) is 5.91 Å². The first-order chi connectivity index (χ1) is 14.4. The smallest absolute Gasteiger partial charge is 0.248 e. The number of hydrogen-bond acceptors (Lipinski definition) is 6. The van der Waals surface area contributed by atoms with Crippen LogP contribution >= 0.6 is 11.6 Å². The van der Waals surface area contributed by atoms with Crippen LogP contribution in [-0.2, 0) is 11.3 Å². The molecule has 158 valence electrons. The standard InChI is InChI=1S/C20H24ClN7O2/c1-5-6-11-27-20(21)16(13(2)24-27)8-10-19(29)22-15-7-9-18(30-4)17(12-15)28-14(3)23-25-26-28/h7-10,12H,5-6,11H2,1-4H3,(H,22,29)/b10-8+. The molecule has 3 aromatic rings. The first-order valence-corrected chi connectivity index (χ1v) is 9.97. The van der Waals surface area contributed by atoms with E-state index in [9.17, 15) is 4.79 Å². The Bertz CT molecular complexity index is 1070. The molecule has 0 unspecified atom stereocenters. The lowest BCUT2D eigenvalue weighted by atomic mass is 10.2. The lowest BCUT2D eigenvalue weighted by Crippen LogP contribution is -2.09. The third-order valence-electron chi connectivity index (χ3n) is 4.53. The van der Waals surface area contributed by atoms with Crippen LogP contribution in [0.3, 0.4) is 0 Å². The number of ether oxygens (including phenoxy) is 1. The summed E-state index contributed by atoms with van der Waals surface area (Å²) in [6.07, 6.45) is 5.16. The fraction of sp³-hybridized carbons (Fsp3) is 0.350. The predicted molar refractivity (Wildman–Crippen MR) is 115 cm³/mol. The molecule has 9 nitrogen and oxygen atoms in total. The fourth-order valence-corrected chi connectivity index (χ4v) is 3.27. The van der Waals surface area contributed by atoms with Crippen LogP contribution in [0.2, 0.25) is 5.15 Å². The normalized spacial score (nSPS) is 11.2. The third-order valence-corrected chi connectivity index (χ3v) is 4.93. The average molecular weight is 430 g/mol. The van der Waals surface area contributed by atoms with Crippen LogP contribution in [0.15, 0.2) is 24.3 Å². The molecule has 1 N–H and O–H groups in total. The molecule has 2 aromatic heterocycles. The number of amides is 1. The number of aryl methyl sites for hydroxylation is 3. The summed E-state index contributed by atoms with van der Waals surface area (Å²) in [5.41, 5.74) is 2.72. The molecule has 0 aliphatic rings. The highest BCUT2D eigenvalue weighted by molar-refractivity contribution is 6.31. The van der Waals surface area contributed by atoms with Crippen LogP contribution in [0.5, 0.6) is 5.75 Å². The Morgan fingerprint density at radius 1 is 1.33 bits per heavy atom. The molecule has 1 amide bonds. The van der Waals surface area contributed by atoms with E-state index >= 15 is 0 Å². The zero-order valence-corrected chi connectivity index (χ0v) is 18.1. The van der Waals surface area contributed by atoms with Gasteiger partial charge in [0.1, 0.15) is 16.6 Å². The summed E-state index contributed by atoms with van der Waals surface area (Å²) >= 11 is 6.42. The first kappa shape index (κ1) is 21.5. The molecule has 2 heterocycles. The number of nitrogens with one attached hydrogen (secondary N) is 1. The van der Waals surface area contributed by atoms with E-state index in [0.717, 1.165) is 30.6 Å². The minimum Gasteiger partial charge on any atom is -0.494 e. The van der Waals surface area contributed by atoms with Crippen molar-refractivity contribution in [3.63, 3.8) is 0 Å². The van der Waals surface area contributed by atoms with Gasteiger partial charge >= 0.3 is 0 Å². The number of nitrogens with zero attached hydrogens (tertiary/aromatic N) is 6. The van der Waals surface area contributed by atoms with E-state index < -0.39 is 0 Å².